The molecule has 20 heavy (non-hydrogen) atoms. The number of hydrogen-bond acceptors (Lipinski definition) is 5. The molecule has 3 N–H and O–H groups in total. The SMILES string of the molecule is O=c1cc(-c2ccc(O)c(O)c2)c2ccc(O)cc2o1. The zero-order valence-electron chi connectivity index (χ0n) is 10.2. The van der Waals surface area contributed by atoms with Crippen molar-refractivity contribution in [3.8, 4) is 28.4 Å². The molecule has 0 radical (unpaired) electrons. The monoisotopic (exact) mass is 270 g/mol. The molecule has 0 saturated carbocycles. The van der Waals surface area contributed by atoms with Crippen LogP contribution in [0.1, 0.15) is 0 Å². The standard InChI is InChI=1S/C15H10O5/c16-9-2-3-10-11(7-15(19)20-14(10)6-9)8-1-4-12(17)13(18)5-8/h1-7,16-18H. The number of phenols is 3. The van der Waals surface area contributed by atoms with Gasteiger partial charge in [0.15, 0.2) is 11.5 Å². The molecular formula is C15H10O5. The predicted molar refractivity (Wildman–Crippen MR) is 72.9 cm³/mol. The Labute approximate surface area is 113 Å². The molecule has 0 aliphatic heterocycles. The van der Waals surface area contributed by atoms with Crippen molar-refractivity contribution in [1.29, 1.82) is 0 Å². The lowest BCUT2D eigenvalue weighted by Crippen LogP contribution is -1.97. The van der Waals surface area contributed by atoms with Crippen molar-refractivity contribution < 1.29 is 19.7 Å². The third kappa shape index (κ3) is 1.95. The van der Waals surface area contributed by atoms with E-state index in [-0.39, 0.29) is 22.8 Å². The van der Waals surface area contributed by atoms with Crippen LogP contribution in [-0.2, 0) is 0 Å². The number of benzene rings is 2. The molecule has 0 unspecified atom stereocenters. The molecule has 5 heteroatoms. The van der Waals surface area contributed by atoms with E-state index in [1.807, 2.05) is 0 Å². The maximum atomic E-state index is 11.6. The molecule has 0 saturated heterocycles. The Morgan fingerprint density at radius 1 is 0.850 bits per heavy atom. The summed E-state index contributed by atoms with van der Waals surface area (Å²) < 4.78 is 5.03. The predicted octanol–water partition coefficient (Wildman–Crippen LogP) is 2.58. The minimum absolute atomic E-state index is 0.00801. The van der Waals surface area contributed by atoms with Crippen LogP contribution in [0.5, 0.6) is 17.2 Å². The molecule has 100 valence electrons. The lowest BCUT2D eigenvalue weighted by atomic mass is 10.0. The van der Waals surface area contributed by atoms with E-state index in [4.69, 9.17) is 4.42 Å². The lowest BCUT2D eigenvalue weighted by molar-refractivity contribution is 0.404. The molecule has 0 spiro atoms. The summed E-state index contributed by atoms with van der Waals surface area (Å²) in [5.74, 6) is -0.521. The average Bonchev–Trinajstić information content (AvgIpc) is 2.40. The van der Waals surface area contributed by atoms with Gasteiger partial charge in [-0.05, 0) is 35.4 Å². The number of hydrogen-bond donors (Lipinski definition) is 3. The van der Waals surface area contributed by atoms with Crippen molar-refractivity contribution >= 4 is 11.0 Å². The highest BCUT2D eigenvalue weighted by atomic mass is 16.4. The van der Waals surface area contributed by atoms with Gasteiger partial charge in [-0.1, -0.05) is 6.07 Å². The average molecular weight is 270 g/mol. The Morgan fingerprint density at radius 2 is 1.65 bits per heavy atom. The van der Waals surface area contributed by atoms with Crippen molar-refractivity contribution in [2.24, 2.45) is 0 Å². The van der Waals surface area contributed by atoms with E-state index in [0.717, 1.165) is 0 Å². The molecule has 2 aromatic carbocycles. The minimum Gasteiger partial charge on any atom is -0.508 e. The molecule has 3 rings (SSSR count). The molecule has 0 fully saturated rings. The van der Waals surface area contributed by atoms with Gasteiger partial charge in [0.1, 0.15) is 11.3 Å². The molecular weight excluding hydrogens is 260 g/mol. The largest absolute Gasteiger partial charge is 0.508 e. The van der Waals surface area contributed by atoms with E-state index in [0.29, 0.717) is 16.5 Å². The highest BCUT2D eigenvalue weighted by Crippen LogP contribution is 2.34. The lowest BCUT2D eigenvalue weighted by Gasteiger charge is -2.07. The molecule has 0 amide bonds. The second-order valence-corrected chi connectivity index (χ2v) is 4.36. The first-order valence-corrected chi connectivity index (χ1v) is 5.84. The summed E-state index contributed by atoms with van der Waals surface area (Å²) >= 11 is 0. The van der Waals surface area contributed by atoms with Crippen LogP contribution in [0.15, 0.2) is 51.7 Å². The Balaban J connectivity index is 2.35. The van der Waals surface area contributed by atoms with Crippen LogP contribution in [0.2, 0.25) is 0 Å². The van der Waals surface area contributed by atoms with Crippen molar-refractivity contribution in [2.75, 3.05) is 0 Å². The number of fused-ring (bicyclic) bond motifs is 1. The van der Waals surface area contributed by atoms with Crippen LogP contribution in [0.4, 0.5) is 0 Å². The third-order valence-corrected chi connectivity index (χ3v) is 3.01. The van der Waals surface area contributed by atoms with Crippen molar-refractivity contribution in [2.45, 2.75) is 0 Å². The van der Waals surface area contributed by atoms with Crippen LogP contribution >= 0.6 is 0 Å². The Morgan fingerprint density at radius 3 is 2.40 bits per heavy atom. The Hall–Kier alpha value is -2.95. The summed E-state index contributed by atoms with van der Waals surface area (Å²) in [6.45, 7) is 0. The maximum absolute atomic E-state index is 11.6. The van der Waals surface area contributed by atoms with Gasteiger partial charge in [0, 0.05) is 17.5 Å². The van der Waals surface area contributed by atoms with E-state index in [1.54, 1.807) is 12.1 Å². The topological polar surface area (TPSA) is 90.9 Å². The number of rotatable bonds is 1. The van der Waals surface area contributed by atoms with Gasteiger partial charge in [-0.3, -0.25) is 0 Å². The van der Waals surface area contributed by atoms with E-state index < -0.39 is 5.63 Å². The molecule has 5 nitrogen and oxygen atoms in total. The van der Waals surface area contributed by atoms with Crippen molar-refractivity contribution in [3.63, 3.8) is 0 Å². The van der Waals surface area contributed by atoms with E-state index in [9.17, 15) is 20.1 Å². The highest BCUT2D eigenvalue weighted by molar-refractivity contribution is 5.94. The van der Waals surface area contributed by atoms with Gasteiger partial charge in [-0.15, -0.1) is 0 Å². The Bertz CT molecular complexity index is 864. The fourth-order valence-electron chi connectivity index (χ4n) is 2.08. The molecule has 1 heterocycles. The summed E-state index contributed by atoms with van der Waals surface area (Å²) in [4.78, 5) is 11.6. The summed E-state index contributed by atoms with van der Waals surface area (Å²) in [5, 5.41) is 28.9. The first kappa shape index (κ1) is 12.1. The second kappa shape index (κ2) is 4.31. The summed E-state index contributed by atoms with van der Waals surface area (Å²) in [5.41, 5.74) is 0.793. The first-order chi connectivity index (χ1) is 9.54. The van der Waals surface area contributed by atoms with E-state index in [1.165, 1.54) is 30.3 Å². The fourth-order valence-corrected chi connectivity index (χ4v) is 2.08. The molecule has 0 bridgehead atoms. The van der Waals surface area contributed by atoms with Crippen molar-refractivity contribution in [3.05, 3.63) is 52.9 Å². The van der Waals surface area contributed by atoms with Gasteiger partial charge in [-0.25, -0.2) is 4.79 Å². The number of phenolic OH excluding ortho intramolecular Hbond substituents is 3. The fraction of sp³-hybridized carbons (Fsp3) is 0. The molecule has 1 aromatic heterocycles. The van der Waals surface area contributed by atoms with Crippen LogP contribution in [0.3, 0.4) is 0 Å². The van der Waals surface area contributed by atoms with Gasteiger partial charge < -0.3 is 19.7 Å². The van der Waals surface area contributed by atoms with Crippen LogP contribution in [-0.4, -0.2) is 15.3 Å². The van der Waals surface area contributed by atoms with Crippen LogP contribution in [0.25, 0.3) is 22.1 Å². The maximum Gasteiger partial charge on any atom is 0.336 e. The van der Waals surface area contributed by atoms with Gasteiger partial charge in [-0.2, -0.15) is 0 Å². The smallest absolute Gasteiger partial charge is 0.336 e. The normalized spacial score (nSPS) is 10.8. The quantitative estimate of drug-likeness (QED) is 0.467. The summed E-state index contributed by atoms with van der Waals surface area (Å²) in [6.07, 6.45) is 0. The summed E-state index contributed by atoms with van der Waals surface area (Å²) in [7, 11) is 0. The second-order valence-electron chi connectivity index (χ2n) is 4.36. The van der Waals surface area contributed by atoms with E-state index >= 15 is 0 Å². The molecule has 0 aliphatic carbocycles. The molecule has 3 aromatic rings. The highest BCUT2D eigenvalue weighted by Gasteiger charge is 2.10. The zero-order chi connectivity index (χ0) is 14.3. The summed E-state index contributed by atoms with van der Waals surface area (Å²) in [6, 6.07) is 10.0. The number of aromatic hydroxyl groups is 3. The van der Waals surface area contributed by atoms with Gasteiger partial charge in [0.2, 0.25) is 0 Å². The van der Waals surface area contributed by atoms with Gasteiger partial charge in [0.25, 0.3) is 0 Å². The third-order valence-electron chi connectivity index (χ3n) is 3.01. The van der Waals surface area contributed by atoms with E-state index in [2.05, 4.69) is 0 Å². The van der Waals surface area contributed by atoms with Crippen molar-refractivity contribution in [1.82, 2.24) is 0 Å². The molecule has 0 aliphatic rings. The van der Waals surface area contributed by atoms with Gasteiger partial charge in [0.05, 0.1) is 0 Å². The molecule has 0 atom stereocenters. The first-order valence-electron chi connectivity index (χ1n) is 5.84. The van der Waals surface area contributed by atoms with Crippen LogP contribution < -0.4 is 5.63 Å². The Kier molecular flexibility index (Phi) is 2.61. The van der Waals surface area contributed by atoms with Crippen LogP contribution in [0, 0.1) is 0 Å². The van der Waals surface area contributed by atoms with Gasteiger partial charge >= 0.3 is 5.63 Å². The minimum atomic E-state index is -0.564. The zero-order valence-corrected chi connectivity index (χ0v) is 10.2.